The van der Waals surface area contributed by atoms with Crippen LogP contribution in [0.25, 0.3) is 0 Å². The number of benzene rings is 2. The summed E-state index contributed by atoms with van der Waals surface area (Å²) in [6.45, 7) is 1.78. The summed E-state index contributed by atoms with van der Waals surface area (Å²) >= 11 is 5.91. The maximum atomic E-state index is 12.8. The minimum atomic E-state index is -4.50. The Balaban J connectivity index is 1.86. The van der Waals surface area contributed by atoms with Crippen LogP contribution in [0.15, 0.2) is 76.5 Å². The van der Waals surface area contributed by atoms with Crippen LogP contribution < -0.4 is 16.2 Å². The van der Waals surface area contributed by atoms with Crippen molar-refractivity contribution in [2.24, 2.45) is 4.99 Å². The zero-order valence-electron chi connectivity index (χ0n) is 16.7. The van der Waals surface area contributed by atoms with E-state index in [1.807, 2.05) is 0 Å². The number of halogens is 4. The Kier molecular flexibility index (Phi) is 6.99. The number of nitrogens with zero attached hydrogens (tertiary/aromatic N) is 1. The van der Waals surface area contributed by atoms with E-state index in [-0.39, 0.29) is 22.9 Å². The Labute approximate surface area is 186 Å². The molecule has 32 heavy (non-hydrogen) atoms. The number of pyridine rings is 1. The number of H-pyrrole nitrogens is 1. The van der Waals surface area contributed by atoms with Crippen LogP contribution in [0.5, 0.6) is 0 Å². The lowest BCUT2D eigenvalue weighted by molar-refractivity contribution is -0.137. The molecule has 3 rings (SSSR count). The molecular formula is C22H18ClF3N4O2. The normalized spacial score (nSPS) is 12.8. The fourth-order valence-corrected chi connectivity index (χ4v) is 2.87. The van der Waals surface area contributed by atoms with Gasteiger partial charge in [-0.2, -0.15) is 13.2 Å². The second-order valence-electron chi connectivity index (χ2n) is 6.79. The van der Waals surface area contributed by atoms with Crippen molar-refractivity contribution in [1.82, 2.24) is 10.3 Å². The smallest absolute Gasteiger partial charge is 0.312 e. The number of aromatic amines is 1. The van der Waals surface area contributed by atoms with E-state index in [9.17, 15) is 22.8 Å². The van der Waals surface area contributed by atoms with Crippen LogP contribution in [-0.4, -0.2) is 16.9 Å². The van der Waals surface area contributed by atoms with Crippen molar-refractivity contribution in [3.63, 3.8) is 0 Å². The van der Waals surface area contributed by atoms with Gasteiger partial charge in [0, 0.05) is 16.7 Å². The summed E-state index contributed by atoms with van der Waals surface area (Å²) in [5, 5.41) is 5.92. The number of rotatable bonds is 4. The lowest BCUT2D eigenvalue weighted by Crippen LogP contribution is -2.37. The van der Waals surface area contributed by atoms with Gasteiger partial charge in [0.1, 0.15) is 5.82 Å². The first-order valence-corrected chi connectivity index (χ1v) is 9.78. The van der Waals surface area contributed by atoms with E-state index in [1.165, 1.54) is 12.1 Å². The average molecular weight is 463 g/mol. The number of anilines is 1. The third kappa shape index (κ3) is 6.21. The van der Waals surface area contributed by atoms with Crippen molar-refractivity contribution in [2.45, 2.75) is 19.1 Å². The highest BCUT2D eigenvalue weighted by atomic mass is 35.5. The molecule has 1 heterocycles. The Morgan fingerprint density at radius 1 is 1.03 bits per heavy atom. The van der Waals surface area contributed by atoms with Crippen LogP contribution in [0.4, 0.5) is 19.0 Å². The van der Waals surface area contributed by atoms with Gasteiger partial charge in [-0.3, -0.25) is 14.9 Å². The van der Waals surface area contributed by atoms with Crippen molar-refractivity contribution in [1.29, 1.82) is 0 Å². The number of aliphatic imine (C=N–C) groups is 1. The van der Waals surface area contributed by atoms with Crippen molar-refractivity contribution >= 4 is 29.3 Å². The highest BCUT2D eigenvalue weighted by molar-refractivity contribution is 6.30. The fourth-order valence-electron chi connectivity index (χ4n) is 2.74. The first-order chi connectivity index (χ1) is 15.1. The van der Waals surface area contributed by atoms with E-state index >= 15 is 0 Å². The van der Waals surface area contributed by atoms with E-state index < -0.39 is 23.7 Å². The van der Waals surface area contributed by atoms with Crippen molar-refractivity contribution in [3.05, 3.63) is 98.8 Å². The van der Waals surface area contributed by atoms with E-state index in [4.69, 9.17) is 11.6 Å². The van der Waals surface area contributed by atoms with E-state index in [2.05, 4.69) is 20.6 Å². The van der Waals surface area contributed by atoms with Crippen molar-refractivity contribution in [2.75, 3.05) is 5.32 Å². The number of hydrogen-bond donors (Lipinski definition) is 3. The second kappa shape index (κ2) is 9.69. The van der Waals surface area contributed by atoms with Gasteiger partial charge in [0.2, 0.25) is 11.5 Å². The monoisotopic (exact) mass is 462 g/mol. The predicted octanol–water partition coefficient (Wildman–Crippen LogP) is 5.01. The maximum absolute atomic E-state index is 12.8. The third-order valence-corrected chi connectivity index (χ3v) is 4.65. The number of guanidine groups is 1. The summed E-state index contributed by atoms with van der Waals surface area (Å²) in [6.07, 6.45) is -4.50. The van der Waals surface area contributed by atoms with Gasteiger partial charge in [-0.1, -0.05) is 29.8 Å². The molecule has 1 amide bonds. The number of hydrogen-bond acceptors (Lipinski definition) is 3. The standard InChI is InChI=1S/C22H18ClF3N4O2/c1-13(14-7-11-17(23)12-8-14)27-21(29-18-3-2-4-19(31)28-18)30-20(32)15-5-9-16(10-6-15)22(24,25)26/h2-13H,1H3,(H3,27,28,29,30,31,32). The summed E-state index contributed by atoms with van der Waals surface area (Å²) in [5.74, 6) is -0.405. The van der Waals surface area contributed by atoms with Gasteiger partial charge in [-0.25, -0.2) is 4.99 Å². The number of aromatic nitrogens is 1. The SMILES string of the molecule is CC(N=C(NC(=O)c1ccc(C(F)(F)F)cc1)Nc1cccc(=O)[nH]1)c1ccc(Cl)cc1. The molecule has 0 spiro atoms. The summed E-state index contributed by atoms with van der Waals surface area (Å²) in [7, 11) is 0. The molecule has 0 saturated carbocycles. The van der Waals surface area contributed by atoms with Crippen LogP contribution in [0.2, 0.25) is 5.02 Å². The van der Waals surface area contributed by atoms with E-state index in [0.717, 1.165) is 29.8 Å². The number of carbonyl (C=O) groups excluding carboxylic acids is 1. The molecule has 0 aliphatic carbocycles. The second-order valence-corrected chi connectivity index (χ2v) is 7.22. The lowest BCUT2D eigenvalue weighted by atomic mass is 10.1. The molecule has 0 aliphatic rings. The molecule has 0 aliphatic heterocycles. The topological polar surface area (TPSA) is 86.3 Å². The molecule has 0 bridgehead atoms. The van der Waals surface area contributed by atoms with Gasteiger partial charge in [0.15, 0.2) is 0 Å². The molecule has 10 heteroatoms. The highest BCUT2D eigenvalue weighted by Gasteiger charge is 2.30. The number of amides is 1. The van der Waals surface area contributed by atoms with Crippen LogP contribution >= 0.6 is 11.6 Å². The van der Waals surface area contributed by atoms with Crippen LogP contribution in [0.3, 0.4) is 0 Å². The Morgan fingerprint density at radius 3 is 2.28 bits per heavy atom. The molecule has 1 unspecified atom stereocenters. The molecular weight excluding hydrogens is 445 g/mol. The van der Waals surface area contributed by atoms with Crippen LogP contribution in [0, 0.1) is 0 Å². The van der Waals surface area contributed by atoms with Gasteiger partial charge < -0.3 is 10.3 Å². The Hall–Kier alpha value is -3.59. The van der Waals surface area contributed by atoms with Crippen molar-refractivity contribution < 1.29 is 18.0 Å². The molecule has 2 aromatic carbocycles. The highest BCUT2D eigenvalue weighted by Crippen LogP contribution is 2.29. The molecule has 0 fully saturated rings. The molecule has 0 saturated heterocycles. The number of carbonyl (C=O) groups is 1. The summed E-state index contributed by atoms with van der Waals surface area (Å²) in [5.41, 5.74) is -0.416. The van der Waals surface area contributed by atoms with Crippen LogP contribution in [-0.2, 0) is 6.18 Å². The van der Waals surface area contributed by atoms with Gasteiger partial charge in [-0.05, 0) is 55.0 Å². The predicted molar refractivity (Wildman–Crippen MR) is 117 cm³/mol. The van der Waals surface area contributed by atoms with Crippen molar-refractivity contribution in [3.8, 4) is 0 Å². The van der Waals surface area contributed by atoms with Gasteiger partial charge in [-0.15, -0.1) is 0 Å². The van der Waals surface area contributed by atoms with Gasteiger partial charge >= 0.3 is 6.18 Å². The zero-order valence-corrected chi connectivity index (χ0v) is 17.5. The average Bonchev–Trinajstić information content (AvgIpc) is 2.73. The molecule has 3 N–H and O–H groups in total. The van der Waals surface area contributed by atoms with Gasteiger partial charge in [0.05, 0.1) is 11.6 Å². The first kappa shape index (κ1) is 23.1. The minimum absolute atomic E-state index is 0.000743. The van der Waals surface area contributed by atoms with E-state index in [0.29, 0.717) is 5.02 Å². The largest absolute Gasteiger partial charge is 0.416 e. The number of alkyl halides is 3. The summed E-state index contributed by atoms with van der Waals surface area (Å²) in [6, 6.07) is 14.7. The van der Waals surface area contributed by atoms with Crippen LogP contribution in [0.1, 0.15) is 34.5 Å². The summed E-state index contributed by atoms with van der Waals surface area (Å²) < 4.78 is 38.3. The summed E-state index contributed by atoms with van der Waals surface area (Å²) in [4.78, 5) is 31.2. The molecule has 3 aromatic rings. The molecule has 0 radical (unpaired) electrons. The minimum Gasteiger partial charge on any atom is -0.312 e. The Bertz CT molecular complexity index is 1170. The molecule has 1 aromatic heterocycles. The maximum Gasteiger partial charge on any atom is 0.416 e. The first-order valence-electron chi connectivity index (χ1n) is 9.40. The molecule has 1 atom stereocenters. The van der Waals surface area contributed by atoms with E-state index in [1.54, 1.807) is 37.3 Å². The van der Waals surface area contributed by atoms with Gasteiger partial charge in [0.25, 0.3) is 5.91 Å². The lowest BCUT2D eigenvalue weighted by Gasteiger charge is -2.15. The fraction of sp³-hybridized carbons (Fsp3) is 0.136. The zero-order chi connectivity index (χ0) is 23.3. The Morgan fingerprint density at radius 2 is 1.69 bits per heavy atom. The third-order valence-electron chi connectivity index (χ3n) is 4.40. The molecule has 166 valence electrons. The molecule has 6 nitrogen and oxygen atoms in total. The number of nitrogens with one attached hydrogen (secondary N) is 3. The quantitative estimate of drug-likeness (QED) is 0.376.